The van der Waals surface area contributed by atoms with Crippen LogP contribution in [0.1, 0.15) is 5.82 Å². The van der Waals surface area contributed by atoms with Gasteiger partial charge in [-0.1, -0.05) is 12.1 Å². The van der Waals surface area contributed by atoms with E-state index in [1.165, 1.54) is 0 Å². The summed E-state index contributed by atoms with van der Waals surface area (Å²) in [6.07, 6.45) is 0. The number of imidazole rings is 1. The Balaban J connectivity index is 0.00000128. The van der Waals surface area contributed by atoms with Gasteiger partial charge in [0, 0.05) is 13.7 Å². The minimum absolute atomic E-state index is 0. The number of hydrogen-bond acceptors (Lipinski definition) is 3. The number of para-hydroxylation sites is 2. The van der Waals surface area contributed by atoms with Gasteiger partial charge >= 0.3 is 0 Å². The monoisotopic (exact) mass is 277 g/mol. The van der Waals surface area contributed by atoms with Gasteiger partial charge in [-0.25, -0.2) is 4.98 Å². The molecule has 17 heavy (non-hydrogen) atoms. The first-order valence-electron chi connectivity index (χ1n) is 5.00. The summed E-state index contributed by atoms with van der Waals surface area (Å²) in [5.74, 6) is 0.910. The maximum Gasteiger partial charge on any atom is 0.123 e. The molecule has 0 saturated carbocycles. The molecule has 2 aromatic rings. The number of aromatic nitrogens is 2. The molecule has 0 spiro atoms. The van der Waals surface area contributed by atoms with Crippen LogP contribution in [0.3, 0.4) is 0 Å². The number of ether oxygens (including phenoxy) is 1. The van der Waals surface area contributed by atoms with Gasteiger partial charge in [0.25, 0.3) is 0 Å². The van der Waals surface area contributed by atoms with Crippen LogP contribution >= 0.6 is 24.8 Å². The van der Waals surface area contributed by atoms with Gasteiger partial charge in [0.1, 0.15) is 5.82 Å². The second kappa shape index (κ2) is 7.50. The van der Waals surface area contributed by atoms with Crippen LogP contribution in [0.15, 0.2) is 24.3 Å². The molecular formula is C11H17Cl2N3O. The Labute approximate surface area is 113 Å². The van der Waals surface area contributed by atoms with Crippen molar-refractivity contribution in [3.8, 4) is 0 Å². The van der Waals surface area contributed by atoms with Crippen LogP contribution < -0.4 is 5.73 Å². The molecule has 0 radical (unpaired) electrons. The molecule has 0 unspecified atom stereocenters. The van der Waals surface area contributed by atoms with E-state index in [-0.39, 0.29) is 24.8 Å². The predicted molar refractivity (Wildman–Crippen MR) is 74.0 cm³/mol. The molecule has 0 bridgehead atoms. The molecule has 2 rings (SSSR count). The van der Waals surface area contributed by atoms with Gasteiger partial charge in [-0.05, 0) is 12.1 Å². The van der Waals surface area contributed by atoms with Crippen LogP contribution in [0.4, 0.5) is 0 Å². The lowest BCUT2D eigenvalue weighted by Crippen LogP contribution is -2.11. The molecule has 96 valence electrons. The molecule has 0 aliphatic rings. The highest BCUT2D eigenvalue weighted by atomic mass is 35.5. The highest BCUT2D eigenvalue weighted by Crippen LogP contribution is 2.15. The van der Waals surface area contributed by atoms with Crippen molar-refractivity contribution in [3.63, 3.8) is 0 Å². The Kier molecular flexibility index (Phi) is 7.15. The first-order valence-corrected chi connectivity index (χ1v) is 5.00. The number of nitrogens with zero attached hydrogens (tertiary/aromatic N) is 2. The van der Waals surface area contributed by atoms with Crippen LogP contribution in [0, 0.1) is 0 Å². The minimum Gasteiger partial charge on any atom is -0.383 e. The van der Waals surface area contributed by atoms with Gasteiger partial charge in [0.2, 0.25) is 0 Å². The predicted octanol–water partition coefficient (Wildman–Crippen LogP) is 1.99. The maximum absolute atomic E-state index is 5.66. The van der Waals surface area contributed by atoms with Crippen molar-refractivity contribution >= 4 is 35.8 Å². The summed E-state index contributed by atoms with van der Waals surface area (Å²) in [4.78, 5) is 4.47. The number of hydrogen-bond donors (Lipinski definition) is 1. The summed E-state index contributed by atoms with van der Waals surface area (Å²) < 4.78 is 7.18. The normalized spacial score (nSPS) is 9.76. The molecule has 4 nitrogen and oxygen atoms in total. The summed E-state index contributed by atoms with van der Waals surface area (Å²) >= 11 is 0. The van der Waals surface area contributed by atoms with Crippen LogP contribution in [0.5, 0.6) is 0 Å². The number of fused-ring (bicyclic) bond motifs is 1. The van der Waals surface area contributed by atoms with E-state index < -0.39 is 0 Å². The van der Waals surface area contributed by atoms with Crippen molar-refractivity contribution in [1.29, 1.82) is 0 Å². The lowest BCUT2D eigenvalue weighted by Gasteiger charge is -2.06. The standard InChI is InChI=1S/C11H15N3O.2ClH/c1-15-7-6-14-10-5-3-2-4-9(10)13-11(14)8-12;;/h2-5H,6-8,12H2,1H3;2*1H. The summed E-state index contributed by atoms with van der Waals surface area (Å²) in [5, 5.41) is 0. The molecule has 0 amide bonds. The van der Waals surface area contributed by atoms with E-state index in [2.05, 4.69) is 15.6 Å². The van der Waals surface area contributed by atoms with Crippen LogP contribution in [-0.4, -0.2) is 23.3 Å². The lowest BCUT2D eigenvalue weighted by molar-refractivity contribution is 0.187. The van der Waals surface area contributed by atoms with Crippen LogP contribution in [0.25, 0.3) is 11.0 Å². The van der Waals surface area contributed by atoms with Crippen molar-refractivity contribution in [3.05, 3.63) is 30.1 Å². The minimum atomic E-state index is 0. The highest BCUT2D eigenvalue weighted by Gasteiger charge is 2.07. The first kappa shape index (κ1) is 16.2. The van der Waals surface area contributed by atoms with Crippen LogP contribution in [-0.2, 0) is 17.8 Å². The van der Waals surface area contributed by atoms with Crippen molar-refractivity contribution in [2.45, 2.75) is 13.1 Å². The second-order valence-corrected chi connectivity index (χ2v) is 3.37. The van der Waals surface area contributed by atoms with E-state index >= 15 is 0 Å². The third-order valence-electron chi connectivity index (χ3n) is 2.44. The Morgan fingerprint density at radius 3 is 2.65 bits per heavy atom. The number of halogens is 2. The van der Waals surface area contributed by atoms with Crippen molar-refractivity contribution in [2.24, 2.45) is 5.73 Å². The lowest BCUT2D eigenvalue weighted by atomic mass is 10.3. The van der Waals surface area contributed by atoms with Gasteiger partial charge in [-0.15, -0.1) is 24.8 Å². The number of nitrogens with two attached hydrogens (primary N) is 1. The fourth-order valence-electron chi connectivity index (χ4n) is 1.71. The molecule has 0 atom stereocenters. The SMILES string of the molecule is COCCn1c(CN)nc2ccccc21.Cl.Cl. The van der Waals surface area contributed by atoms with Crippen molar-refractivity contribution in [1.82, 2.24) is 9.55 Å². The third kappa shape index (κ3) is 3.33. The van der Waals surface area contributed by atoms with E-state index in [4.69, 9.17) is 10.5 Å². The largest absolute Gasteiger partial charge is 0.383 e. The molecule has 0 aliphatic carbocycles. The summed E-state index contributed by atoms with van der Waals surface area (Å²) in [7, 11) is 1.70. The maximum atomic E-state index is 5.66. The fourth-order valence-corrected chi connectivity index (χ4v) is 1.71. The first-order chi connectivity index (χ1) is 7.36. The Bertz CT molecular complexity index is 459. The van der Waals surface area contributed by atoms with Gasteiger partial charge in [-0.3, -0.25) is 0 Å². The van der Waals surface area contributed by atoms with Gasteiger partial charge in [0.15, 0.2) is 0 Å². The highest BCUT2D eigenvalue weighted by molar-refractivity contribution is 5.85. The van der Waals surface area contributed by atoms with E-state index in [0.29, 0.717) is 13.2 Å². The number of methoxy groups -OCH3 is 1. The zero-order chi connectivity index (χ0) is 10.7. The van der Waals surface area contributed by atoms with E-state index in [1.807, 2.05) is 18.2 Å². The molecule has 6 heteroatoms. The fraction of sp³-hybridized carbons (Fsp3) is 0.364. The topological polar surface area (TPSA) is 53.1 Å². The van der Waals surface area contributed by atoms with E-state index in [0.717, 1.165) is 23.4 Å². The Hall–Kier alpha value is -0.810. The summed E-state index contributed by atoms with van der Waals surface area (Å²) in [6.45, 7) is 1.93. The zero-order valence-corrected chi connectivity index (χ0v) is 11.3. The van der Waals surface area contributed by atoms with Crippen LogP contribution in [0.2, 0.25) is 0 Å². The van der Waals surface area contributed by atoms with Crippen molar-refractivity contribution < 1.29 is 4.74 Å². The molecule has 1 heterocycles. The third-order valence-corrected chi connectivity index (χ3v) is 2.44. The zero-order valence-electron chi connectivity index (χ0n) is 9.63. The Morgan fingerprint density at radius 2 is 2.00 bits per heavy atom. The van der Waals surface area contributed by atoms with Crippen molar-refractivity contribution in [2.75, 3.05) is 13.7 Å². The smallest absolute Gasteiger partial charge is 0.123 e. The molecule has 1 aromatic carbocycles. The molecule has 0 fully saturated rings. The number of rotatable bonds is 4. The number of benzene rings is 1. The Morgan fingerprint density at radius 1 is 1.29 bits per heavy atom. The molecule has 0 aliphatic heterocycles. The van der Waals surface area contributed by atoms with Gasteiger partial charge in [-0.2, -0.15) is 0 Å². The quantitative estimate of drug-likeness (QED) is 0.930. The van der Waals surface area contributed by atoms with Gasteiger partial charge in [0.05, 0.1) is 24.2 Å². The second-order valence-electron chi connectivity index (χ2n) is 3.37. The van der Waals surface area contributed by atoms with E-state index in [1.54, 1.807) is 7.11 Å². The average molecular weight is 278 g/mol. The van der Waals surface area contributed by atoms with Gasteiger partial charge < -0.3 is 15.0 Å². The summed E-state index contributed by atoms with van der Waals surface area (Å²) in [6, 6.07) is 8.04. The molecule has 0 saturated heterocycles. The average Bonchev–Trinajstić information content (AvgIpc) is 2.64. The molecule has 2 N–H and O–H groups in total. The summed E-state index contributed by atoms with van der Waals surface area (Å²) in [5.41, 5.74) is 7.78. The molecule has 1 aromatic heterocycles. The van der Waals surface area contributed by atoms with E-state index in [9.17, 15) is 0 Å². The molecular weight excluding hydrogens is 261 g/mol.